The molecule has 1 heterocycles. The normalized spacial score (nSPS) is 11.9. The maximum absolute atomic E-state index is 13.1. The highest BCUT2D eigenvalue weighted by Gasteiger charge is 2.26. The summed E-state index contributed by atoms with van der Waals surface area (Å²) >= 11 is 1.02. The maximum Gasteiger partial charge on any atom is 0.252 e. The summed E-state index contributed by atoms with van der Waals surface area (Å²) in [6.45, 7) is 5.55. The third-order valence-electron chi connectivity index (χ3n) is 4.38. The van der Waals surface area contributed by atoms with Gasteiger partial charge in [0.1, 0.15) is 11.9 Å². The molecule has 2 aromatic carbocycles. The van der Waals surface area contributed by atoms with Crippen LogP contribution in [0.3, 0.4) is 0 Å². The summed E-state index contributed by atoms with van der Waals surface area (Å²) in [5.41, 5.74) is 2.01. The van der Waals surface area contributed by atoms with Crippen molar-refractivity contribution in [1.29, 1.82) is 0 Å². The first kappa shape index (κ1) is 20.6. The van der Waals surface area contributed by atoms with Gasteiger partial charge in [-0.2, -0.15) is 9.36 Å². The quantitative estimate of drug-likeness (QED) is 0.640. The van der Waals surface area contributed by atoms with Gasteiger partial charge in [0.2, 0.25) is 11.0 Å². The van der Waals surface area contributed by atoms with Crippen molar-refractivity contribution in [3.8, 4) is 11.4 Å². The zero-order valence-electron chi connectivity index (χ0n) is 16.3. The van der Waals surface area contributed by atoms with Gasteiger partial charge in [-0.05, 0) is 48.7 Å². The van der Waals surface area contributed by atoms with E-state index in [1.54, 1.807) is 24.3 Å². The highest BCUT2D eigenvalue weighted by Crippen LogP contribution is 2.22. The number of aromatic nitrogens is 2. The van der Waals surface area contributed by atoms with E-state index in [1.807, 2.05) is 32.9 Å². The van der Waals surface area contributed by atoms with Crippen molar-refractivity contribution in [2.24, 2.45) is 5.92 Å². The number of aryl methyl sites for hydroxylation is 1. The highest BCUT2D eigenvalue weighted by atomic mass is 32.1. The molecule has 29 heavy (non-hydrogen) atoms. The number of halogens is 1. The van der Waals surface area contributed by atoms with Gasteiger partial charge in [0, 0.05) is 22.7 Å². The van der Waals surface area contributed by atoms with Gasteiger partial charge >= 0.3 is 0 Å². The van der Waals surface area contributed by atoms with Gasteiger partial charge in [-0.25, -0.2) is 4.39 Å². The minimum atomic E-state index is -0.736. The molecule has 0 bridgehead atoms. The van der Waals surface area contributed by atoms with E-state index in [9.17, 15) is 14.0 Å². The molecule has 0 aliphatic rings. The lowest BCUT2D eigenvalue weighted by molar-refractivity contribution is -0.118. The average Bonchev–Trinajstić information content (AvgIpc) is 3.14. The number of rotatable bonds is 6. The fourth-order valence-electron chi connectivity index (χ4n) is 2.76. The van der Waals surface area contributed by atoms with Crippen LogP contribution >= 0.6 is 11.5 Å². The predicted octanol–water partition coefficient (Wildman–Crippen LogP) is 4.05. The lowest BCUT2D eigenvalue weighted by atomic mass is 10.0. The standard InChI is InChI=1S/C21H21FN4O2S/c1-12(2)17(23-19(27)16-7-5-4-6-13(16)3)20(28)25-21-24-18(26-29-21)14-8-10-15(22)11-9-14/h4-12,17H,1-3H3,(H,23,27)(H,24,25,26,28). The summed E-state index contributed by atoms with van der Waals surface area (Å²) in [6, 6.07) is 12.3. The zero-order valence-corrected chi connectivity index (χ0v) is 17.1. The van der Waals surface area contributed by atoms with Crippen LogP contribution in [0.25, 0.3) is 11.4 Å². The van der Waals surface area contributed by atoms with Crippen molar-refractivity contribution in [2.75, 3.05) is 5.32 Å². The van der Waals surface area contributed by atoms with E-state index < -0.39 is 6.04 Å². The Kier molecular flexibility index (Phi) is 6.33. The number of anilines is 1. The Morgan fingerprint density at radius 1 is 1.07 bits per heavy atom. The van der Waals surface area contributed by atoms with E-state index in [2.05, 4.69) is 20.0 Å². The topological polar surface area (TPSA) is 84.0 Å². The van der Waals surface area contributed by atoms with Crippen LogP contribution in [-0.4, -0.2) is 27.2 Å². The van der Waals surface area contributed by atoms with Crippen molar-refractivity contribution in [2.45, 2.75) is 26.8 Å². The Hall–Kier alpha value is -3.13. The Morgan fingerprint density at radius 2 is 1.76 bits per heavy atom. The smallest absolute Gasteiger partial charge is 0.252 e. The van der Waals surface area contributed by atoms with E-state index >= 15 is 0 Å². The summed E-state index contributed by atoms with van der Waals surface area (Å²) in [6.07, 6.45) is 0. The van der Waals surface area contributed by atoms with Crippen molar-refractivity contribution in [3.63, 3.8) is 0 Å². The van der Waals surface area contributed by atoms with Crippen LogP contribution in [-0.2, 0) is 4.79 Å². The molecule has 0 fully saturated rings. The van der Waals surface area contributed by atoms with E-state index in [0.717, 1.165) is 17.1 Å². The average molecular weight is 412 g/mol. The lowest BCUT2D eigenvalue weighted by Gasteiger charge is -2.21. The molecular weight excluding hydrogens is 391 g/mol. The number of hydrogen-bond acceptors (Lipinski definition) is 5. The molecule has 1 aromatic heterocycles. The molecule has 0 aliphatic heterocycles. The second kappa shape index (κ2) is 8.91. The number of carbonyl (C=O) groups is 2. The van der Waals surface area contributed by atoms with Crippen molar-refractivity contribution in [3.05, 3.63) is 65.5 Å². The number of hydrogen-bond donors (Lipinski definition) is 2. The maximum atomic E-state index is 13.1. The summed E-state index contributed by atoms with van der Waals surface area (Å²) in [7, 11) is 0. The predicted molar refractivity (Wildman–Crippen MR) is 111 cm³/mol. The minimum Gasteiger partial charge on any atom is -0.340 e. The molecule has 0 radical (unpaired) electrons. The minimum absolute atomic E-state index is 0.132. The van der Waals surface area contributed by atoms with E-state index in [0.29, 0.717) is 22.1 Å². The van der Waals surface area contributed by atoms with Crippen molar-refractivity contribution >= 4 is 28.5 Å². The number of benzene rings is 2. The molecule has 1 unspecified atom stereocenters. The van der Waals surface area contributed by atoms with Gasteiger partial charge < -0.3 is 5.32 Å². The molecule has 0 saturated heterocycles. The van der Waals surface area contributed by atoms with Gasteiger partial charge in [-0.15, -0.1) is 0 Å². The molecule has 8 heteroatoms. The summed E-state index contributed by atoms with van der Waals surface area (Å²) in [5, 5.41) is 5.83. The number of nitrogens with one attached hydrogen (secondary N) is 2. The zero-order chi connectivity index (χ0) is 21.0. The lowest BCUT2D eigenvalue weighted by Crippen LogP contribution is -2.47. The second-order valence-electron chi connectivity index (χ2n) is 6.93. The van der Waals surface area contributed by atoms with Crippen molar-refractivity contribution in [1.82, 2.24) is 14.7 Å². The number of nitrogens with zero attached hydrogens (tertiary/aromatic N) is 2. The summed E-state index contributed by atoms with van der Waals surface area (Å²) in [4.78, 5) is 29.7. The van der Waals surface area contributed by atoms with E-state index in [-0.39, 0.29) is 23.5 Å². The Balaban J connectivity index is 1.71. The molecule has 0 aliphatic carbocycles. The van der Waals surface area contributed by atoms with E-state index in [4.69, 9.17) is 0 Å². The molecule has 0 saturated carbocycles. The highest BCUT2D eigenvalue weighted by molar-refractivity contribution is 7.10. The third-order valence-corrected chi connectivity index (χ3v) is 5.01. The Labute approximate surface area is 172 Å². The Bertz CT molecular complexity index is 1020. The molecule has 3 rings (SSSR count). The summed E-state index contributed by atoms with van der Waals surface area (Å²) < 4.78 is 17.3. The molecule has 3 aromatic rings. The van der Waals surface area contributed by atoms with E-state index in [1.165, 1.54) is 12.1 Å². The van der Waals surface area contributed by atoms with Gasteiger partial charge in [-0.3, -0.25) is 14.9 Å². The van der Waals surface area contributed by atoms with Gasteiger partial charge in [0.05, 0.1) is 0 Å². The molecule has 0 spiro atoms. The van der Waals surface area contributed by atoms with Crippen molar-refractivity contribution < 1.29 is 14.0 Å². The first-order chi connectivity index (χ1) is 13.8. The molecule has 6 nitrogen and oxygen atoms in total. The molecule has 150 valence electrons. The fourth-order valence-corrected chi connectivity index (χ4v) is 3.35. The van der Waals surface area contributed by atoms with Gasteiger partial charge in [-0.1, -0.05) is 32.0 Å². The molecule has 2 amide bonds. The van der Waals surface area contributed by atoms with Crippen LogP contribution in [0.5, 0.6) is 0 Å². The third kappa shape index (κ3) is 5.03. The van der Waals surface area contributed by atoms with Gasteiger partial charge in [0.15, 0.2) is 5.82 Å². The van der Waals surface area contributed by atoms with Crippen LogP contribution in [0.4, 0.5) is 9.52 Å². The number of carbonyl (C=O) groups excluding carboxylic acids is 2. The van der Waals surface area contributed by atoms with Gasteiger partial charge in [0.25, 0.3) is 5.91 Å². The van der Waals surface area contributed by atoms with Crippen LogP contribution in [0.15, 0.2) is 48.5 Å². The monoisotopic (exact) mass is 412 g/mol. The Morgan fingerprint density at radius 3 is 2.41 bits per heavy atom. The fraction of sp³-hybridized carbons (Fsp3) is 0.238. The molecule has 2 N–H and O–H groups in total. The molecule has 1 atom stereocenters. The van der Waals surface area contributed by atoms with Crippen LogP contribution in [0.2, 0.25) is 0 Å². The first-order valence-electron chi connectivity index (χ1n) is 9.12. The SMILES string of the molecule is Cc1ccccc1C(=O)NC(C(=O)Nc1nc(-c2ccc(F)cc2)ns1)C(C)C. The van der Waals surface area contributed by atoms with Crippen LogP contribution < -0.4 is 10.6 Å². The largest absolute Gasteiger partial charge is 0.340 e. The van der Waals surface area contributed by atoms with Crippen LogP contribution in [0.1, 0.15) is 29.8 Å². The number of amides is 2. The molecular formula is C21H21FN4O2S. The first-order valence-corrected chi connectivity index (χ1v) is 9.89. The van der Waals surface area contributed by atoms with Crippen LogP contribution in [0, 0.1) is 18.7 Å². The summed E-state index contributed by atoms with van der Waals surface area (Å²) in [5.74, 6) is -0.755. The second-order valence-corrected chi connectivity index (χ2v) is 7.68.